The van der Waals surface area contributed by atoms with Crippen molar-refractivity contribution in [1.82, 2.24) is 19.1 Å². The summed E-state index contributed by atoms with van der Waals surface area (Å²) in [6.45, 7) is 0. The first kappa shape index (κ1) is 34.0. The van der Waals surface area contributed by atoms with Gasteiger partial charge in [-0.2, -0.15) is 0 Å². The van der Waals surface area contributed by atoms with Crippen LogP contribution in [0.5, 0.6) is 0 Å². The fraction of sp³-hybridized carbons (Fsp3) is 0. The fourth-order valence-corrected chi connectivity index (χ4v) is 9.11. The molecular weight excluding hydrogens is 729 g/mol. The molecule has 4 heteroatoms. The van der Waals surface area contributed by atoms with Gasteiger partial charge in [0.25, 0.3) is 0 Å². The highest BCUT2D eigenvalue weighted by Crippen LogP contribution is 2.41. The minimum atomic E-state index is 0.698. The summed E-state index contributed by atoms with van der Waals surface area (Å²) in [5, 5.41) is 7.25. The van der Waals surface area contributed by atoms with E-state index in [9.17, 15) is 0 Å². The maximum atomic E-state index is 5.27. The first-order chi connectivity index (χ1) is 29.7. The van der Waals surface area contributed by atoms with Crippen molar-refractivity contribution in [1.29, 1.82) is 0 Å². The van der Waals surface area contributed by atoms with Crippen LogP contribution in [0, 0.1) is 0 Å². The number of hydrogen-bond acceptors (Lipinski definition) is 2. The van der Waals surface area contributed by atoms with Gasteiger partial charge in [-0.25, -0.2) is 9.97 Å². The van der Waals surface area contributed by atoms with E-state index in [1.54, 1.807) is 0 Å². The van der Waals surface area contributed by atoms with E-state index in [1.165, 1.54) is 49.2 Å². The van der Waals surface area contributed by atoms with Crippen molar-refractivity contribution < 1.29 is 0 Å². The summed E-state index contributed by atoms with van der Waals surface area (Å²) in [6, 6.07) is 77.9. The number of fused-ring (bicyclic) bond motifs is 7. The number of rotatable bonds is 6. The molecule has 3 aromatic heterocycles. The second-order valence-corrected chi connectivity index (χ2v) is 15.4. The monoisotopic (exact) mass is 764 g/mol. The standard InChI is InChI=1S/C56H36N4/c1-4-15-37(16-5-1)38-27-29-40(30-28-38)56-57-50(39-17-6-2-7-18-39)35-51(58-56)45-24-14-19-41-33-43(31-32-44(41)45)60-53-26-13-11-23-47(53)49-34-48-46-22-10-12-25-52(46)59(54(48)36-55(49)60)42-20-8-3-9-21-42/h1-36H. The number of aromatic nitrogens is 4. The van der Waals surface area contributed by atoms with E-state index < -0.39 is 0 Å². The van der Waals surface area contributed by atoms with E-state index in [0.717, 1.165) is 55.8 Å². The van der Waals surface area contributed by atoms with Crippen molar-refractivity contribution in [3.63, 3.8) is 0 Å². The van der Waals surface area contributed by atoms with Gasteiger partial charge in [-0.05, 0) is 76.5 Å². The summed E-state index contributed by atoms with van der Waals surface area (Å²) in [6.07, 6.45) is 0. The molecule has 0 aliphatic heterocycles. The molecule has 12 rings (SSSR count). The van der Waals surface area contributed by atoms with Crippen molar-refractivity contribution in [2.45, 2.75) is 0 Å². The maximum Gasteiger partial charge on any atom is 0.160 e. The summed E-state index contributed by atoms with van der Waals surface area (Å²) in [5.41, 5.74) is 14.2. The quantitative estimate of drug-likeness (QED) is 0.169. The fourth-order valence-electron chi connectivity index (χ4n) is 9.11. The van der Waals surface area contributed by atoms with Crippen molar-refractivity contribution in [3.8, 4) is 56.4 Å². The topological polar surface area (TPSA) is 35.6 Å². The molecule has 4 nitrogen and oxygen atoms in total. The third-order valence-corrected chi connectivity index (χ3v) is 11.9. The van der Waals surface area contributed by atoms with Crippen LogP contribution < -0.4 is 0 Å². The van der Waals surface area contributed by atoms with Crippen LogP contribution in [0.25, 0.3) is 111 Å². The molecule has 0 saturated carbocycles. The molecule has 0 unspecified atom stereocenters. The zero-order valence-electron chi connectivity index (χ0n) is 32.6. The molecule has 0 spiro atoms. The summed E-state index contributed by atoms with van der Waals surface area (Å²) < 4.78 is 4.83. The highest BCUT2D eigenvalue weighted by atomic mass is 15.0. The number of nitrogens with zero attached hydrogens (tertiary/aromatic N) is 4. The normalized spacial score (nSPS) is 11.7. The van der Waals surface area contributed by atoms with Gasteiger partial charge < -0.3 is 9.13 Å². The van der Waals surface area contributed by atoms with E-state index in [2.05, 4.69) is 215 Å². The van der Waals surface area contributed by atoms with Gasteiger partial charge in [0.1, 0.15) is 0 Å². The van der Waals surface area contributed by atoms with Crippen LogP contribution in [-0.4, -0.2) is 19.1 Å². The van der Waals surface area contributed by atoms with Crippen LogP contribution in [0.3, 0.4) is 0 Å². The smallest absolute Gasteiger partial charge is 0.160 e. The zero-order chi connectivity index (χ0) is 39.6. The van der Waals surface area contributed by atoms with E-state index in [0.29, 0.717) is 5.82 Å². The second-order valence-electron chi connectivity index (χ2n) is 15.4. The number of hydrogen-bond donors (Lipinski definition) is 0. The van der Waals surface area contributed by atoms with E-state index in [4.69, 9.17) is 9.97 Å². The molecular formula is C56H36N4. The van der Waals surface area contributed by atoms with Crippen LogP contribution in [0.1, 0.15) is 0 Å². The molecule has 0 N–H and O–H groups in total. The lowest BCUT2D eigenvalue weighted by atomic mass is 9.99. The van der Waals surface area contributed by atoms with E-state index in [1.807, 2.05) is 12.1 Å². The van der Waals surface area contributed by atoms with Gasteiger partial charge in [0, 0.05) is 49.6 Å². The third kappa shape index (κ3) is 5.53. The van der Waals surface area contributed by atoms with Gasteiger partial charge in [0.05, 0.1) is 33.5 Å². The van der Waals surface area contributed by atoms with Gasteiger partial charge >= 0.3 is 0 Å². The lowest BCUT2D eigenvalue weighted by Crippen LogP contribution is -1.97. The second kappa shape index (κ2) is 13.8. The highest BCUT2D eigenvalue weighted by molar-refractivity contribution is 6.19. The van der Waals surface area contributed by atoms with Crippen LogP contribution in [0.15, 0.2) is 218 Å². The maximum absolute atomic E-state index is 5.27. The Kier molecular flexibility index (Phi) is 7.82. The highest BCUT2D eigenvalue weighted by Gasteiger charge is 2.19. The van der Waals surface area contributed by atoms with Crippen LogP contribution >= 0.6 is 0 Å². The van der Waals surface area contributed by atoms with E-state index in [-0.39, 0.29) is 0 Å². The molecule has 280 valence electrons. The average molecular weight is 765 g/mol. The first-order valence-electron chi connectivity index (χ1n) is 20.4. The lowest BCUT2D eigenvalue weighted by Gasteiger charge is -2.14. The average Bonchev–Trinajstić information content (AvgIpc) is 3.83. The zero-order valence-corrected chi connectivity index (χ0v) is 32.6. The Balaban J connectivity index is 1.03. The Morgan fingerprint density at radius 2 is 0.833 bits per heavy atom. The Morgan fingerprint density at radius 1 is 0.283 bits per heavy atom. The molecule has 12 aromatic rings. The summed E-state index contributed by atoms with van der Waals surface area (Å²) >= 11 is 0. The van der Waals surface area contributed by atoms with Gasteiger partial charge in [-0.1, -0.05) is 164 Å². The summed E-state index contributed by atoms with van der Waals surface area (Å²) in [4.78, 5) is 10.4. The van der Waals surface area contributed by atoms with Crippen molar-refractivity contribution in [2.24, 2.45) is 0 Å². The predicted molar refractivity (Wildman–Crippen MR) is 250 cm³/mol. The Labute approximate surface area is 346 Å². The molecule has 3 heterocycles. The molecule has 0 bridgehead atoms. The lowest BCUT2D eigenvalue weighted by molar-refractivity contribution is 1.17. The minimum Gasteiger partial charge on any atom is -0.309 e. The Hall–Kier alpha value is -8.08. The molecule has 0 atom stereocenters. The van der Waals surface area contributed by atoms with Crippen LogP contribution in [0.4, 0.5) is 0 Å². The Morgan fingerprint density at radius 3 is 1.52 bits per heavy atom. The van der Waals surface area contributed by atoms with Crippen LogP contribution in [0.2, 0.25) is 0 Å². The molecule has 60 heavy (non-hydrogen) atoms. The molecule has 0 amide bonds. The molecule has 0 radical (unpaired) electrons. The van der Waals surface area contributed by atoms with Gasteiger partial charge in [-0.3, -0.25) is 0 Å². The predicted octanol–water partition coefficient (Wildman–Crippen LogP) is 14.5. The summed E-state index contributed by atoms with van der Waals surface area (Å²) in [5.74, 6) is 0.698. The van der Waals surface area contributed by atoms with Crippen LogP contribution in [-0.2, 0) is 0 Å². The molecule has 0 saturated heterocycles. The Bertz CT molecular complexity index is 3570. The molecule has 0 aliphatic carbocycles. The van der Waals surface area contributed by atoms with Crippen molar-refractivity contribution in [3.05, 3.63) is 218 Å². The number of para-hydroxylation sites is 3. The van der Waals surface area contributed by atoms with Crippen molar-refractivity contribution in [2.75, 3.05) is 0 Å². The number of benzene rings is 9. The van der Waals surface area contributed by atoms with Crippen molar-refractivity contribution >= 4 is 54.4 Å². The van der Waals surface area contributed by atoms with E-state index >= 15 is 0 Å². The SMILES string of the molecule is c1ccc(-c2ccc(-c3nc(-c4ccccc4)cc(-c4cccc5cc(-n6c7ccccc7c7cc8c9ccccc9n(-c9ccccc9)c8cc76)ccc45)n3)cc2)cc1. The summed E-state index contributed by atoms with van der Waals surface area (Å²) in [7, 11) is 0. The minimum absolute atomic E-state index is 0.698. The molecule has 9 aromatic carbocycles. The largest absolute Gasteiger partial charge is 0.309 e. The molecule has 0 fully saturated rings. The van der Waals surface area contributed by atoms with Gasteiger partial charge in [-0.15, -0.1) is 0 Å². The van der Waals surface area contributed by atoms with Gasteiger partial charge in [0.2, 0.25) is 0 Å². The van der Waals surface area contributed by atoms with Gasteiger partial charge in [0.15, 0.2) is 5.82 Å². The first-order valence-corrected chi connectivity index (χ1v) is 20.4. The third-order valence-electron chi connectivity index (χ3n) is 11.9. The molecule has 0 aliphatic rings.